The van der Waals surface area contributed by atoms with Crippen LogP contribution in [0, 0.1) is 5.41 Å². The van der Waals surface area contributed by atoms with E-state index in [1.54, 1.807) is 0 Å². The molecule has 1 fully saturated rings. The Bertz CT molecular complexity index is 348. The summed E-state index contributed by atoms with van der Waals surface area (Å²) in [4.78, 5) is 2.07. The highest BCUT2D eigenvalue weighted by molar-refractivity contribution is 7.87. The van der Waals surface area contributed by atoms with Gasteiger partial charge in [-0.15, -0.1) is 0 Å². The summed E-state index contributed by atoms with van der Waals surface area (Å²) in [5.41, 5.74) is -0.0788. The minimum Gasteiger partial charge on any atom is -0.314 e. The third-order valence-corrected chi connectivity index (χ3v) is 4.45. The fourth-order valence-electron chi connectivity index (χ4n) is 2.17. The summed E-state index contributed by atoms with van der Waals surface area (Å²) in [5.74, 6) is 0. The van der Waals surface area contributed by atoms with E-state index in [9.17, 15) is 8.42 Å². The number of nitrogens with one attached hydrogen (secondary N) is 2. The van der Waals surface area contributed by atoms with Gasteiger partial charge in [-0.05, 0) is 19.5 Å². The van der Waals surface area contributed by atoms with E-state index in [2.05, 4.69) is 28.8 Å². The summed E-state index contributed by atoms with van der Waals surface area (Å²) in [5, 5.41) is 3.14. The lowest BCUT2D eigenvalue weighted by atomic mass is 9.93. The normalized spacial score (nSPS) is 19.4. The lowest BCUT2D eigenvalue weighted by Gasteiger charge is -2.31. The van der Waals surface area contributed by atoms with Crippen molar-refractivity contribution >= 4 is 10.2 Å². The Hall–Kier alpha value is -0.210. The van der Waals surface area contributed by atoms with E-state index in [-0.39, 0.29) is 5.41 Å². The Morgan fingerprint density at radius 2 is 1.83 bits per heavy atom. The smallest absolute Gasteiger partial charge is 0.279 e. The maximum absolute atomic E-state index is 12.1. The Kier molecular flexibility index (Phi) is 5.54. The first kappa shape index (κ1) is 15.8. The quantitative estimate of drug-likeness (QED) is 0.675. The zero-order chi connectivity index (χ0) is 13.8. The van der Waals surface area contributed by atoms with Gasteiger partial charge in [0.25, 0.3) is 10.2 Å². The second-order valence-electron chi connectivity index (χ2n) is 5.88. The molecule has 1 aliphatic heterocycles. The average Bonchev–Trinajstić information content (AvgIpc) is 2.26. The SMILES string of the molecule is CN(C)CC(C)(C)CNS(=O)(=O)N1CCNCC1. The van der Waals surface area contributed by atoms with E-state index >= 15 is 0 Å². The second-order valence-corrected chi connectivity index (χ2v) is 7.63. The van der Waals surface area contributed by atoms with Gasteiger partial charge in [-0.2, -0.15) is 12.7 Å². The van der Waals surface area contributed by atoms with E-state index in [0.717, 1.165) is 19.6 Å². The fraction of sp³-hybridized carbons (Fsp3) is 1.00. The maximum Gasteiger partial charge on any atom is 0.279 e. The van der Waals surface area contributed by atoms with Gasteiger partial charge in [0.15, 0.2) is 0 Å². The van der Waals surface area contributed by atoms with Crippen LogP contribution in [0.25, 0.3) is 0 Å². The number of hydrogen-bond acceptors (Lipinski definition) is 4. The molecule has 1 heterocycles. The molecule has 2 N–H and O–H groups in total. The summed E-state index contributed by atoms with van der Waals surface area (Å²) in [6.07, 6.45) is 0. The zero-order valence-electron chi connectivity index (χ0n) is 11.9. The molecule has 18 heavy (non-hydrogen) atoms. The monoisotopic (exact) mass is 278 g/mol. The van der Waals surface area contributed by atoms with Gasteiger partial charge in [0.05, 0.1) is 0 Å². The lowest BCUT2D eigenvalue weighted by molar-refractivity contribution is 0.240. The van der Waals surface area contributed by atoms with E-state index < -0.39 is 10.2 Å². The molecular formula is C11H26N4O2S. The molecule has 0 saturated carbocycles. The molecule has 1 rings (SSSR count). The number of hydrogen-bond donors (Lipinski definition) is 2. The standard InChI is InChI=1S/C11H26N4O2S/c1-11(2,10-14(3)4)9-13-18(16,17)15-7-5-12-6-8-15/h12-13H,5-10H2,1-4H3. The largest absolute Gasteiger partial charge is 0.314 e. The van der Waals surface area contributed by atoms with Crippen molar-refractivity contribution in [1.29, 1.82) is 0 Å². The van der Waals surface area contributed by atoms with Crippen LogP contribution < -0.4 is 10.0 Å². The molecule has 0 atom stereocenters. The minimum absolute atomic E-state index is 0.0788. The minimum atomic E-state index is -3.33. The first-order valence-electron chi connectivity index (χ1n) is 6.33. The lowest BCUT2D eigenvalue weighted by Crippen LogP contribution is -2.52. The van der Waals surface area contributed by atoms with Crippen molar-refractivity contribution < 1.29 is 8.42 Å². The second kappa shape index (κ2) is 6.29. The van der Waals surface area contributed by atoms with Crippen molar-refractivity contribution in [3.05, 3.63) is 0 Å². The van der Waals surface area contributed by atoms with Crippen LogP contribution in [0.5, 0.6) is 0 Å². The number of piperazine rings is 1. The highest BCUT2D eigenvalue weighted by atomic mass is 32.2. The van der Waals surface area contributed by atoms with Crippen LogP contribution in [0.1, 0.15) is 13.8 Å². The molecule has 0 amide bonds. The summed E-state index contributed by atoms with van der Waals surface area (Å²) >= 11 is 0. The van der Waals surface area contributed by atoms with Crippen molar-refractivity contribution in [2.24, 2.45) is 5.41 Å². The Morgan fingerprint density at radius 1 is 1.28 bits per heavy atom. The van der Waals surface area contributed by atoms with Gasteiger partial charge in [0.2, 0.25) is 0 Å². The molecule has 1 aliphatic rings. The third-order valence-electron chi connectivity index (χ3n) is 2.89. The zero-order valence-corrected chi connectivity index (χ0v) is 12.7. The van der Waals surface area contributed by atoms with Crippen LogP contribution in [-0.4, -0.2) is 71.0 Å². The summed E-state index contributed by atoms with van der Waals surface area (Å²) in [6.45, 7) is 7.96. The van der Waals surface area contributed by atoms with Crippen LogP contribution in [0.3, 0.4) is 0 Å². The molecule has 0 unspecified atom stereocenters. The van der Waals surface area contributed by atoms with Crippen molar-refractivity contribution in [3.8, 4) is 0 Å². The van der Waals surface area contributed by atoms with Gasteiger partial charge in [0.1, 0.15) is 0 Å². The highest BCUT2D eigenvalue weighted by Crippen LogP contribution is 2.15. The van der Waals surface area contributed by atoms with Gasteiger partial charge in [-0.3, -0.25) is 0 Å². The van der Waals surface area contributed by atoms with E-state index in [1.807, 2.05) is 14.1 Å². The van der Waals surface area contributed by atoms with Crippen molar-refractivity contribution in [2.75, 3.05) is 53.4 Å². The van der Waals surface area contributed by atoms with Gasteiger partial charge in [0, 0.05) is 39.3 Å². The molecule has 0 aromatic heterocycles. The first-order chi connectivity index (χ1) is 8.23. The topological polar surface area (TPSA) is 64.7 Å². The van der Waals surface area contributed by atoms with Crippen LogP contribution in [-0.2, 0) is 10.2 Å². The molecule has 0 aromatic carbocycles. The molecule has 0 radical (unpaired) electrons. The molecule has 0 aromatic rings. The average molecular weight is 278 g/mol. The molecule has 1 saturated heterocycles. The Balaban J connectivity index is 2.50. The molecule has 0 spiro atoms. The van der Waals surface area contributed by atoms with E-state index in [4.69, 9.17) is 0 Å². The van der Waals surface area contributed by atoms with Crippen LogP contribution >= 0.6 is 0 Å². The molecule has 6 nitrogen and oxygen atoms in total. The van der Waals surface area contributed by atoms with Gasteiger partial charge < -0.3 is 10.2 Å². The number of rotatable bonds is 6. The van der Waals surface area contributed by atoms with Crippen molar-refractivity contribution in [2.45, 2.75) is 13.8 Å². The third kappa shape index (κ3) is 5.19. The van der Waals surface area contributed by atoms with Crippen molar-refractivity contribution in [1.82, 2.24) is 19.2 Å². The highest BCUT2D eigenvalue weighted by Gasteiger charge is 2.27. The maximum atomic E-state index is 12.1. The van der Waals surface area contributed by atoms with Crippen LogP contribution in [0.4, 0.5) is 0 Å². The van der Waals surface area contributed by atoms with Gasteiger partial charge >= 0.3 is 0 Å². The fourth-order valence-corrected chi connectivity index (χ4v) is 3.59. The van der Waals surface area contributed by atoms with Crippen molar-refractivity contribution in [3.63, 3.8) is 0 Å². The van der Waals surface area contributed by atoms with Crippen LogP contribution in [0.2, 0.25) is 0 Å². The predicted octanol–water partition coefficient (Wildman–Crippen LogP) is -0.686. The predicted molar refractivity (Wildman–Crippen MR) is 73.7 cm³/mol. The Labute approximate surface area is 111 Å². The first-order valence-corrected chi connectivity index (χ1v) is 7.77. The van der Waals surface area contributed by atoms with Gasteiger partial charge in [-0.25, -0.2) is 4.72 Å². The molecule has 0 bridgehead atoms. The molecule has 7 heteroatoms. The number of nitrogens with zero attached hydrogens (tertiary/aromatic N) is 2. The molecular weight excluding hydrogens is 252 g/mol. The summed E-state index contributed by atoms with van der Waals surface area (Å²) in [7, 11) is 0.658. The summed E-state index contributed by atoms with van der Waals surface area (Å²) < 4.78 is 28.4. The Morgan fingerprint density at radius 3 is 2.33 bits per heavy atom. The van der Waals surface area contributed by atoms with Gasteiger partial charge in [-0.1, -0.05) is 13.8 Å². The van der Waals surface area contributed by atoms with E-state index in [1.165, 1.54) is 4.31 Å². The summed E-state index contributed by atoms with van der Waals surface area (Å²) in [6, 6.07) is 0. The molecule has 0 aliphatic carbocycles. The van der Waals surface area contributed by atoms with Crippen LogP contribution in [0.15, 0.2) is 0 Å². The molecule has 108 valence electrons. The van der Waals surface area contributed by atoms with E-state index in [0.29, 0.717) is 19.6 Å².